The summed E-state index contributed by atoms with van der Waals surface area (Å²) in [6, 6.07) is 0. The number of carbonyl (C=O) groups is 1. The SMILES string of the molecule is CCCCCCCCCC(=O)NCc1cn[nH]c1N. The Labute approximate surface area is 115 Å². The van der Waals surface area contributed by atoms with Gasteiger partial charge in [0, 0.05) is 18.5 Å². The molecule has 0 radical (unpaired) electrons. The maximum atomic E-state index is 11.6. The van der Waals surface area contributed by atoms with Gasteiger partial charge in [-0.2, -0.15) is 5.10 Å². The van der Waals surface area contributed by atoms with E-state index in [0.29, 0.717) is 18.8 Å². The minimum atomic E-state index is 0.0918. The predicted molar refractivity (Wildman–Crippen MR) is 77.5 cm³/mol. The van der Waals surface area contributed by atoms with Crippen LogP contribution >= 0.6 is 0 Å². The molecule has 0 atom stereocenters. The van der Waals surface area contributed by atoms with Crippen molar-refractivity contribution in [3.05, 3.63) is 11.8 Å². The van der Waals surface area contributed by atoms with Crippen LogP contribution in [-0.4, -0.2) is 16.1 Å². The average molecular weight is 266 g/mol. The number of hydrogen-bond donors (Lipinski definition) is 3. The zero-order valence-electron chi connectivity index (χ0n) is 11.9. The first-order valence-corrected chi connectivity index (χ1v) is 7.28. The summed E-state index contributed by atoms with van der Waals surface area (Å²) in [6.07, 6.45) is 10.8. The van der Waals surface area contributed by atoms with Crippen LogP contribution in [0.3, 0.4) is 0 Å². The molecule has 5 heteroatoms. The second-order valence-corrected chi connectivity index (χ2v) is 4.96. The third-order valence-corrected chi connectivity index (χ3v) is 3.23. The molecular weight excluding hydrogens is 240 g/mol. The van der Waals surface area contributed by atoms with E-state index in [0.717, 1.165) is 18.4 Å². The Hall–Kier alpha value is -1.52. The van der Waals surface area contributed by atoms with Crippen molar-refractivity contribution < 1.29 is 4.79 Å². The second kappa shape index (κ2) is 9.42. The number of rotatable bonds is 10. The van der Waals surface area contributed by atoms with Gasteiger partial charge in [0.15, 0.2) is 0 Å². The van der Waals surface area contributed by atoms with Gasteiger partial charge in [-0.05, 0) is 6.42 Å². The first kappa shape index (κ1) is 15.5. The molecule has 108 valence electrons. The third-order valence-electron chi connectivity index (χ3n) is 3.23. The summed E-state index contributed by atoms with van der Waals surface area (Å²) in [7, 11) is 0. The zero-order chi connectivity index (χ0) is 13.9. The van der Waals surface area contributed by atoms with Crippen molar-refractivity contribution in [2.45, 2.75) is 64.8 Å². The van der Waals surface area contributed by atoms with Crippen LogP contribution in [0.4, 0.5) is 5.82 Å². The van der Waals surface area contributed by atoms with Crippen LogP contribution in [-0.2, 0) is 11.3 Å². The summed E-state index contributed by atoms with van der Waals surface area (Å²) in [5.41, 5.74) is 6.48. The van der Waals surface area contributed by atoms with Gasteiger partial charge < -0.3 is 11.1 Å². The van der Waals surface area contributed by atoms with Crippen LogP contribution in [0.5, 0.6) is 0 Å². The number of nitrogens with zero attached hydrogens (tertiary/aromatic N) is 1. The summed E-state index contributed by atoms with van der Waals surface area (Å²) in [5, 5.41) is 9.31. The number of anilines is 1. The van der Waals surface area contributed by atoms with Crippen molar-refractivity contribution in [2.75, 3.05) is 5.73 Å². The normalized spacial score (nSPS) is 10.6. The van der Waals surface area contributed by atoms with Gasteiger partial charge in [0.1, 0.15) is 5.82 Å². The van der Waals surface area contributed by atoms with Crippen LogP contribution < -0.4 is 11.1 Å². The minimum Gasteiger partial charge on any atom is -0.384 e. The van der Waals surface area contributed by atoms with Crippen molar-refractivity contribution >= 4 is 11.7 Å². The van der Waals surface area contributed by atoms with E-state index in [1.807, 2.05) is 0 Å². The van der Waals surface area contributed by atoms with Crippen LogP contribution in [0.2, 0.25) is 0 Å². The molecule has 1 amide bonds. The molecule has 1 heterocycles. The predicted octanol–water partition coefficient (Wildman–Crippen LogP) is 2.75. The molecule has 0 fully saturated rings. The van der Waals surface area contributed by atoms with Crippen LogP contribution in [0.15, 0.2) is 6.20 Å². The molecule has 0 aliphatic carbocycles. The highest BCUT2D eigenvalue weighted by atomic mass is 16.1. The van der Waals surface area contributed by atoms with E-state index in [1.54, 1.807) is 6.20 Å². The Morgan fingerprint density at radius 3 is 2.58 bits per heavy atom. The lowest BCUT2D eigenvalue weighted by atomic mass is 10.1. The molecule has 19 heavy (non-hydrogen) atoms. The highest BCUT2D eigenvalue weighted by Gasteiger charge is 2.04. The fourth-order valence-electron chi connectivity index (χ4n) is 1.99. The molecule has 0 saturated heterocycles. The fraction of sp³-hybridized carbons (Fsp3) is 0.714. The lowest BCUT2D eigenvalue weighted by Crippen LogP contribution is -2.22. The van der Waals surface area contributed by atoms with Crippen molar-refractivity contribution in [3.63, 3.8) is 0 Å². The van der Waals surface area contributed by atoms with E-state index in [2.05, 4.69) is 22.4 Å². The topological polar surface area (TPSA) is 83.8 Å². The lowest BCUT2D eigenvalue weighted by Gasteiger charge is -2.04. The number of amides is 1. The molecular formula is C14H26N4O. The Bertz CT molecular complexity index is 362. The number of hydrogen-bond acceptors (Lipinski definition) is 3. The van der Waals surface area contributed by atoms with Gasteiger partial charge in [-0.1, -0.05) is 45.4 Å². The molecule has 0 unspecified atom stereocenters. The number of nitrogens with one attached hydrogen (secondary N) is 2. The molecule has 0 saturated carbocycles. The molecule has 0 aromatic carbocycles. The molecule has 1 aromatic rings. The molecule has 1 aromatic heterocycles. The van der Waals surface area contributed by atoms with E-state index in [9.17, 15) is 4.79 Å². The standard InChI is InChI=1S/C14H26N4O/c1-2-3-4-5-6-7-8-9-13(19)16-10-12-11-17-18-14(12)15/h11H,2-10H2,1H3,(H,16,19)(H3,15,17,18). The van der Waals surface area contributed by atoms with E-state index in [4.69, 9.17) is 5.73 Å². The number of H-pyrrole nitrogens is 1. The summed E-state index contributed by atoms with van der Waals surface area (Å²) < 4.78 is 0. The van der Waals surface area contributed by atoms with Gasteiger partial charge in [0.05, 0.1) is 6.20 Å². The van der Waals surface area contributed by atoms with Gasteiger partial charge in [-0.25, -0.2) is 0 Å². The first-order valence-electron chi connectivity index (χ1n) is 7.28. The molecule has 0 bridgehead atoms. The third kappa shape index (κ3) is 6.84. The van der Waals surface area contributed by atoms with E-state index in [-0.39, 0.29) is 5.91 Å². The van der Waals surface area contributed by atoms with E-state index in [1.165, 1.54) is 32.1 Å². The fourth-order valence-corrected chi connectivity index (χ4v) is 1.99. The average Bonchev–Trinajstić information content (AvgIpc) is 2.81. The molecule has 0 aliphatic heterocycles. The van der Waals surface area contributed by atoms with Crippen molar-refractivity contribution in [3.8, 4) is 0 Å². The highest BCUT2D eigenvalue weighted by molar-refractivity contribution is 5.75. The number of unbranched alkanes of at least 4 members (excludes halogenated alkanes) is 6. The maximum absolute atomic E-state index is 11.6. The van der Waals surface area contributed by atoms with E-state index < -0.39 is 0 Å². The minimum absolute atomic E-state index is 0.0918. The number of carbonyl (C=O) groups excluding carboxylic acids is 1. The second-order valence-electron chi connectivity index (χ2n) is 4.96. The van der Waals surface area contributed by atoms with Gasteiger partial charge in [-0.15, -0.1) is 0 Å². The summed E-state index contributed by atoms with van der Waals surface area (Å²) in [5.74, 6) is 0.616. The van der Waals surface area contributed by atoms with Gasteiger partial charge in [0.25, 0.3) is 0 Å². The smallest absolute Gasteiger partial charge is 0.220 e. The molecule has 1 rings (SSSR count). The number of aromatic amines is 1. The van der Waals surface area contributed by atoms with Gasteiger partial charge in [-0.3, -0.25) is 9.89 Å². The molecule has 4 N–H and O–H groups in total. The quantitative estimate of drug-likeness (QED) is 0.569. The monoisotopic (exact) mass is 266 g/mol. The van der Waals surface area contributed by atoms with Crippen LogP contribution in [0, 0.1) is 0 Å². The summed E-state index contributed by atoms with van der Waals surface area (Å²) in [4.78, 5) is 11.6. The lowest BCUT2D eigenvalue weighted by molar-refractivity contribution is -0.121. The first-order chi connectivity index (χ1) is 9.24. The van der Waals surface area contributed by atoms with E-state index >= 15 is 0 Å². The van der Waals surface area contributed by atoms with Crippen molar-refractivity contribution in [1.29, 1.82) is 0 Å². The zero-order valence-corrected chi connectivity index (χ0v) is 11.9. The Morgan fingerprint density at radius 2 is 1.95 bits per heavy atom. The molecule has 5 nitrogen and oxygen atoms in total. The van der Waals surface area contributed by atoms with Crippen molar-refractivity contribution in [1.82, 2.24) is 15.5 Å². The maximum Gasteiger partial charge on any atom is 0.220 e. The molecule has 0 spiro atoms. The number of nitrogen functional groups attached to an aromatic ring is 1. The van der Waals surface area contributed by atoms with Crippen molar-refractivity contribution in [2.24, 2.45) is 0 Å². The summed E-state index contributed by atoms with van der Waals surface area (Å²) in [6.45, 7) is 2.68. The Morgan fingerprint density at radius 1 is 1.26 bits per heavy atom. The largest absolute Gasteiger partial charge is 0.384 e. The van der Waals surface area contributed by atoms with Gasteiger partial charge >= 0.3 is 0 Å². The van der Waals surface area contributed by atoms with Gasteiger partial charge in [0.2, 0.25) is 5.91 Å². The number of aromatic nitrogens is 2. The Kier molecular flexibility index (Phi) is 7.70. The number of nitrogens with two attached hydrogens (primary N) is 1. The molecule has 0 aliphatic rings. The highest BCUT2D eigenvalue weighted by Crippen LogP contribution is 2.09. The Balaban J connectivity index is 1.98. The van der Waals surface area contributed by atoms with Crippen LogP contribution in [0.25, 0.3) is 0 Å². The van der Waals surface area contributed by atoms with Crippen LogP contribution in [0.1, 0.15) is 63.9 Å². The summed E-state index contributed by atoms with van der Waals surface area (Å²) >= 11 is 0.